The summed E-state index contributed by atoms with van der Waals surface area (Å²) in [6, 6.07) is 15.3. The molecular weight excluding hydrogens is 357 g/mol. The molecule has 0 bridgehead atoms. The van der Waals surface area contributed by atoms with E-state index in [1.807, 2.05) is 18.2 Å². The van der Waals surface area contributed by atoms with Crippen molar-refractivity contribution in [1.82, 2.24) is 10.2 Å². The molecule has 0 fully saturated rings. The van der Waals surface area contributed by atoms with Crippen LogP contribution in [0.4, 0.5) is 10.1 Å². The number of carbonyl (C=O) groups is 2. The summed E-state index contributed by atoms with van der Waals surface area (Å²) in [7, 11) is 1.71. The first-order valence-corrected chi connectivity index (χ1v) is 9.49. The molecule has 2 amide bonds. The smallest absolute Gasteiger partial charge is 0.238 e. The SMILES string of the molecule is CC[C@H](CNC(=O)[C@@H](C)N(C)CC(=O)Nc1cccc(F)c1)c1ccccc1. The summed E-state index contributed by atoms with van der Waals surface area (Å²) in [6.45, 7) is 4.43. The van der Waals surface area contributed by atoms with Crippen molar-refractivity contribution in [3.63, 3.8) is 0 Å². The molecule has 0 aliphatic heterocycles. The Labute approximate surface area is 165 Å². The summed E-state index contributed by atoms with van der Waals surface area (Å²) in [5.74, 6) is -0.597. The minimum absolute atomic E-state index is 0.0288. The molecule has 0 unspecified atom stereocenters. The second-order valence-electron chi connectivity index (χ2n) is 6.91. The highest BCUT2D eigenvalue weighted by atomic mass is 19.1. The maximum Gasteiger partial charge on any atom is 0.238 e. The van der Waals surface area contributed by atoms with Gasteiger partial charge in [0.2, 0.25) is 11.8 Å². The van der Waals surface area contributed by atoms with Gasteiger partial charge in [0, 0.05) is 18.2 Å². The predicted molar refractivity (Wildman–Crippen MR) is 110 cm³/mol. The summed E-state index contributed by atoms with van der Waals surface area (Å²) in [5, 5.41) is 5.62. The molecule has 0 aromatic heterocycles. The van der Waals surface area contributed by atoms with Gasteiger partial charge in [-0.05, 0) is 44.2 Å². The molecule has 0 heterocycles. The first kappa shape index (κ1) is 21.6. The number of nitrogens with zero attached hydrogens (tertiary/aromatic N) is 1. The van der Waals surface area contributed by atoms with Gasteiger partial charge in [0.05, 0.1) is 12.6 Å². The van der Waals surface area contributed by atoms with Crippen LogP contribution in [0.5, 0.6) is 0 Å². The average Bonchev–Trinajstić information content (AvgIpc) is 2.68. The van der Waals surface area contributed by atoms with Gasteiger partial charge in [-0.1, -0.05) is 43.3 Å². The Bertz CT molecular complexity index is 782. The summed E-state index contributed by atoms with van der Waals surface area (Å²) < 4.78 is 13.2. The van der Waals surface area contributed by atoms with Crippen molar-refractivity contribution in [2.45, 2.75) is 32.2 Å². The number of hydrogen-bond donors (Lipinski definition) is 2. The van der Waals surface area contributed by atoms with Gasteiger partial charge < -0.3 is 10.6 Å². The van der Waals surface area contributed by atoms with Crippen molar-refractivity contribution >= 4 is 17.5 Å². The quantitative estimate of drug-likeness (QED) is 0.696. The monoisotopic (exact) mass is 385 g/mol. The highest BCUT2D eigenvalue weighted by Gasteiger charge is 2.21. The van der Waals surface area contributed by atoms with Crippen LogP contribution < -0.4 is 10.6 Å². The van der Waals surface area contributed by atoms with Gasteiger partial charge in [0.25, 0.3) is 0 Å². The fraction of sp³-hybridized carbons (Fsp3) is 0.364. The molecule has 2 N–H and O–H groups in total. The fourth-order valence-electron chi connectivity index (χ4n) is 2.92. The van der Waals surface area contributed by atoms with Crippen LogP contribution in [0, 0.1) is 5.82 Å². The first-order valence-electron chi connectivity index (χ1n) is 9.49. The lowest BCUT2D eigenvalue weighted by molar-refractivity contribution is -0.126. The van der Waals surface area contributed by atoms with Crippen LogP contribution >= 0.6 is 0 Å². The van der Waals surface area contributed by atoms with E-state index in [9.17, 15) is 14.0 Å². The van der Waals surface area contributed by atoms with E-state index >= 15 is 0 Å². The number of anilines is 1. The lowest BCUT2D eigenvalue weighted by Gasteiger charge is -2.24. The Balaban J connectivity index is 1.83. The van der Waals surface area contributed by atoms with E-state index in [0.29, 0.717) is 12.2 Å². The molecule has 0 aliphatic carbocycles. The molecule has 0 aliphatic rings. The zero-order chi connectivity index (χ0) is 20.5. The molecule has 2 aromatic rings. The van der Waals surface area contributed by atoms with Gasteiger partial charge in [-0.25, -0.2) is 4.39 Å². The Morgan fingerprint density at radius 3 is 2.46 bits per heavy atom. The number of rotatable bonds is 9. The van der Waals surface area contributed by atoms with Crippen LogP contribution in [0.25, 0.3) is 0 Å². The molecule has 0 saturated heterocycles. The van der Waals surface area contributed by atoms with Crippen LogP contribution in [0.2, 0.25) is 0 Å². The second-order valence-corrected chi connectivity index (χ2v) is 6.91. The van der Waals surface area contributed by atoms with E-state index < -0.39 is 11.9 Å². The van der Waals surface area contributed by atoms with E-state index in [-0.39, 0.29) is 24.3 Å². The van der Waals surface area contributed by atoms with Gasteiger partial charge >= 0.3 is 0 Å². The van der Waals surface area contributed by atoms with Crippen LogP contribution in [-0.2, 0) is 9.59 Å². The zero-order valence-corrected chi connectivity index (χ0v) is 16.6. The standard InChI is InChI=1S/C22H28FN3O2/c1-4-17(18-9-6-5-7-10-18)14-24-22(28)16(2)26(3)15-21(27)25-20-12-8-11-19(23)13-20/h5-13,16-17H,4,14-15H2,1-3H3,(H,24,28)(H,25,27)/t16-,17-/m1/s1. The number of halogens is 1. The Morgan fingerprint density at radius 1 is 1.11 bits per heavy atom. The lowest BCUT2D eigenvalue weighted by Crippen LogP contribution is -2.46. The Morgan fingerprint density at radius 2 is 1.82 bits per heavy atom. The van der Waals surface area contributed by atoms with E-state index in [4.69, 9.17) is 0 Å². The number of amides is 2. The molecule has 2 rings (SSSR count). The minimum Gasteiger partial charge on any atom is -0.354 e. The first-order chi connectivity index (χ1) is 13.4. The molecular formula is C22H28FN3O2. The van der Waals surface area contributed by atoms with Gasteiger partial charge in [0.15, 0.2) is 0 Å². The van der Waals surface area contributed by atoms with Crippen LogP contribution in [0.1, 0.15) is 31.7 Å². The van der Waals surface area contributed by atoms with Gasteiger partial charge in [-0.3, -0.25) is 14.5 Å². The summed E-state index contributed by atoms with van der Waals surface area (Å²) in [5.41, 5.74) is 1.59. The van der Waals surface area contributed by atoms with E-state index in [1.54, 1.807) is 24.9 Å². The van der Waals surface area contributed by atoms with Crippen molar-refractivity contribution in [3.8, 4) is 0 Å². The van der Waals surface area contributed by atoms with Crippen molar-refractivity contribution in [2.75, 3.05) is 25.5 Å². The molecule has 0 spiro atoms. The fourth-order valence-corrected chi connectivity index (χ4v) is 2.92. The highest BCUT2D eigenvalue weighted by Crippen LogP contribution is 2.18. The normalized spacial score (nSPS) is 13.0. The third-order valence-corrected chi connectivity index (χ3v) is 4.83. The van der Waals surface area contributed by atoms with Crippen LogP contribution in [0.3, 0.4) is 0 Å². The third-order valence-electron chi connectivity index (χ3n) is 4.83. The molecule has 0 saturated carbocycles. The molecule has 6 heteroatoms. The molecule has 2 aromatic carbocycles. The lowest BCUT2D eigenvalue weighted by atomic mass is 9.96. The number of hydrogen-bond acceptors (Lipinski definition) is 3. The summed E-state index contributed by atoms with van der Waals surface area (Å²) >= 11 is 0. The second kappa shape index (κ2) is 10.6. The zero-order valence-electron chi connectivity index (χ0n) is 16.6. The summed E-state index contributed by atoms with van der Waals surface area (Å²) in [6.07, 6.45) is 0.921. The molecule has 28 heavy (non-hydrogen) atoms. The van der Waals surface area contributed by atoms with Crippen molar-refractivity contribution in [2.24, 2.45) is 0 Å². The molecule has 2 atom stereocenters. The number of carbonyl (C=O) groups excluding carboxylic acids is 2. The van der Waals surface area contributed by atoms with Crippen LogP contribution in [0.15, 0.2) is 54.6 Å². The van der Waals surface area contributed by atoms with Gasteiger partial charge in [0.1, 0.15) is 5.82 Å². The largest absolute Gasteiger partial charge is 0.354 e. The Hall–Kier alpha value is -2.73. The van der Waals surface area contributed by atoms with Crippen LogP contribution in [-0.4, -0.2) is 42.9 Å². The number of nitrogens with one attached hydrogen (secondary N) is 2. The minimum atomic E-state index is -0.466. The van der Waals surface area contributed by atoms with E-state index in [2.05, 4.69) is 29.7 Å². The maximum absolute atomic E-state index is 13.2. The number of benzene rings is 2. The van der Waals surface area contributed by atoms with Crippen molar-refractivity contribution in [1.29, 1.82) is 0 Å². The topological polar surface area (TPSA) is 61.4 Å². The van der Waals surface area contributed by atoms with E-state index in [0.717, 1.165) is 6.42 Å². The summed E-state index contributed by atoms with van der Waals surface area (Å²) in [4.78, 5) is 26.3. The molecule has 0 radical (unpaired) electrons. The van der Waals surface area contributed by atoms with Crippen molar-refractivity contribution in [3.05, 3.63) is 66.0 Å². The molecule has 5 nitrogen and oxygen atoms in total. The molecule has 150 valence electrons. The van der Waals surface area contributed by atoms with Gasteiger partial charge in [-0.15, -0.1) is 0 Å². The van der Waals surface area contributed by atoms with Gasteiger partial charge in [-0.2, -0.15) is 0 Å². The van der Waals surface area contributed by atoms with E-state index in [1.165, 1.54) is 23.8 Å². The Kier molecular flexibility index (Phi) is 8.14. The number of likely N-dealkylation sites (N-methyl/N-ethyl adjacent to an activating group) is 1. The predicted octanol–water partition coefficient (Wildman–Crippen LogP) is 3.39. The maximum atomic E-state index is 13.2. The highest BCUT2D eigenvalue weighted by molar-refractivity contribution is 5.92. The average molecular weight is 385 g/mol. The third kappa shape index (κ3) is 6.46. The van der Waals surface area contributed by atoms with Crippen molar-refractivity contribution < 1.29 is 14.0 Å².